The summed E-state index contributed by atoms with van der Waals surface area (Å²) in [6.07, 6.45) is 1.45. The van der Waals surface area contributed by atoms with Gasteiger partial charge in [0.1, 0.15) is 5.82 Å². The Hall–Kier alpha value is -2.00. The molecule has 1 aromatic heterocycles. The second-order valence-electron chi connectivity index (χ2n) is 4.54. The molecule has 2 rings (SSSR count). The molecule has 3 N–H and O–H groups in total. The van der Waals surface area contributed by atoms with Gasteiger partial charge in [-0.3, -0.25) is 0 Å². The van der Waals surface area contributed by atoms with Crippen molar-refractivity contribution in [3.05, 3.63) is 35.2 Å². The summed E-state index contributed by atoms with van der Waals surface area (Å²) < 4.78 is 45.1. The molecule has 0 aliphatic heterocycles. The van der Waals surface area contributed by atoms with Crippen molar-refractivity contribution < 1.29 is 17.3 Å². The predicted molar refractivity (Wildman–Crippen MR) is 73.5 cm³/mol. The summed E-state index contributed by atoms with van der Waals surface area (Å²) in [6, 6.07) is 1.11. The van der Waals surface area contributed by atoms with Crippen LogP contribution in [0.25, 0.3) is 0 Å². The van der Waals surface area contributed by atoms with Crippen LogP contribution in [0.15, 0.2) is 21.9 Å². The molecule has 114 valence electrons. The fraction of sp³-hybridized carbons (Fsp3) is 0.333. The zero-order valence-electron chi connectivity index (χ0n) is 11.6. The van der Waals surface area contributed by atoms with Gasteiger partial charge in [-0.05, 0) is 31.0 Å². The first-order chi connectivity index (χ1) is 9.83. The van der Waals surface area contributed by atoms with Gasteiger partial charge in [0.25, 0.3) is 0 Å². The Morgan fingerprint density at radius 2 is 2.14 bits per heavy atom. The van der Waals surface area contributed by atoms with Gasteiger partial charge in [-0.25, -0.2) is 17.5 Å². The van der Waals surface area contributed by atoms with Crippen LogP contribution < -0.4 is 10.5 Å². The lowest BCUT2D eigenvalue weighted by atomic mass is 10.1. The third-order valence-corrected chi connectivity index (χ3v) is 4.77. The molecule has 2 aromatic rings. The molecule has 1 heterocycles. The molecular formula is C12H15FN4O3S. The van der Waals surface area contributed by atoms with E-state index in [1.165, 1.54) is 20.2 Å². The summed E-state index contributed by atoms with van der Waals surface area (Å²) in [4.78, 5) is 3.78. The molecule has 0 radical (unpaired) electrons. The zero-order valence-corrected chi connectivity index (χ0v) is 12.4. The average Bonchev–Trinajstić information content (AvgIpc) is 2.88. The molecule has 0 atom stereocenters. The molecular weight excluding hydrogens is 299 g/mol. The Labute approximate surface area is 121 Å². The lowest BCUT2D eigenvalue weighted by molar-refractivity contribution is 0.410. The van der Waals surface area contributed by atoms with Crippen LogP contribution in [0.1, 0.15) is 17.0 Å². The van der Waals surface area contributed by atoms with Crippen LogP contribution in [0, 0.1) is 19.7 Å². The van der Waals surface area contributed by atoms with Gasteiger partial charge in [-0.15, -0.1) is 0 Å². The molecule has 9 heteroatoms. The third-order valence-electron chi connectivity index (χ3n) is 3.02. The second-order valence-corrected chi connectivity index (χ2v) is 6.24. The van der Waals surface area contributed by atoms with Crippen LogP contribution in [0.2, 0.25) is 0 Å². The number of aryl methyl sites for hydroxylation is 1. The fourth-order valence-electron chi connectivity index (χ4n) is 2.02. The maximum atomic E-state index is 13.5. The topological polar surface area (TPSA) is 111 Å². The van der Waals surface area contributed by atoms with Crippen molar-refractivity contribution in [3.63, 3.8) is 0 Å². The van der Waals surface area contributed by atoms with E-state index in [0.29, 0.717) is 11.4 Å². The quantitative estimate of drug-likeness (QED) is 0.794. The minimum atomic E-state index is -3.80. The molecule has 0 aliphatic rings. The first-order valence-corrected chi connectivity index (χ1v) is 7.61. The molecule has 0 saturated heterocycles. The van der Waals surface area contributed by atoms with Gasteiger partial charge in [0.05, 0.1) is 10.6 Å². The number of nitrogen functional groups attached to an aromatic ring is 1. The number of nitrogens with one attached hydrogen (secondary N) is 1. The summed E-state index contributed by atoms with van der Waals surface area (Å²) in [5, 5.41) is 3.58. The number of nitrogens with zero attached hydrogens (tertiary/aromatic N) is 2. The molecule has 0 amide bonds. The van der Waals surface area contributed by atoms with Gasteiger partial charge in [0.2, 0.25) is 16.4 Å². The van der Waals surface area contributed by atoms with Crippen LogP contribution in [-0.4, -0.2) is 25.1 Å². The van der Waals surface area contributed by atoms with Gasteiger partial charge in [-0.1, -0.05) is 5.16 Å². The van der Waals surface area contributed by atoms with E-state index in [-0.39, 0.29) is 29.1 Å². The fourth-order valence-corrected chi connectivity index (χ4v) is 3.53. The summed E-state index contributed by atoms with van der Waals surface area (Å²) in [6.45, 7) is 3.08. The Balaban J connectivity index is 2.22. The van der Waals surface area contributed by atoms with Crippen molar-refractivity contribution >= 4 is 15.7 Å². The minimum Gasteiger partial charge on any atom is -0.396 e. The smallest absolute Gasteiger partial charge is 0.241 e. The summed E-state index contributed by atoms with van der Waals surface area (Å²) in [5.41, 5.74) is 5.88. The Kier molecular flexibility index (Phi) is 4.24. The van der Waals surface area contributed by atoms with Crippen LogP contribution in [0.3, 0.4) is 0 Å². The minimum absolute atomic E-state index is 0.00508. The SMILES string of the molecule is Cc1cc(F)c(N)c(C)c1S(=O)(=O)NCCc1ncon1. The van der Waals surface area contributed by atoms with E-state index < -0.39 is 15.8 Å². The molecule has 7 nitrogen and oxygen atoms in total. The van der Waals surface area contributed by atoms with E-state index in [4.69, 9.17) is 5.73 Å². The van der Waals surface area contributed by atoms with Gasteiger partial charge in [0, 0.05) is 13.0 Å². The van der Waals surface area contributed by atoms with Crippen LogP contribution in [-0.2, 0) is 16.4 Å². The molecule has 1 aromatic carbocycles. The number of rotatable bonds is 5. The molecule has 21 heavy (non-hydrogen) atoms. The summed E-state index contributed by atoms with van der Waals surface area (Å²) in [5.74, 6) is -0.236. The first-order valence-electron chi connectivity index (χ1n) is 6.13. The van der Waals surface area contributed by atoms with Gasteiger partial charge >= 0.3 is 0 Å². The number of sulfonamides is 1. The van der Waals surface area contributed by atoms with E-state index in [9.17, 15) is 12.8 Å². The number of halogens is 1. The Morgan fingerprint density at radius 3 is 2.76 bits per heavy atom. The maximum Gasteiger partial charge on any atom is 0.241 e. The van der Waals surface area contributed by atoms with Crippen molar-refractivity contribution in [2.24, 2.45) is 0 Å². The van der Waals surface area contributed by atoms with Crippen molar-refractivity contribution in [3.8, 4) is 0 Å². The van der Waals surface area contributed by atoms with E-state index in [1.807, 2.05) is 0 Å². The molecule has 0 unspecified atom stereocenters. The Morgan fingerprint density at radius 1 is 1.43 bits per heavy atom. The first kappa shape index (κ1) is 15.4. The zero-order chi connectivity index (χ0) is 15.6. The third kappa shape index (κ3) is 3.19. The number of aromatic nitrogens is 2. The van der Waals surface area contributed by atoms with Crippen molar-refractivity contribution in [1.82, 2.24) is 14.9 Å². The number of hydrogen-bond acceptors (Lipinski definition) is 6. The highest BCUT2D eigenvalue weighted by atomic mass is 32.2. The monoisotopic (exact) mass is 314 g/mol. The van der Waals surface area contributed by atoms with E-state index in [1.54, 1.807) is 0 Å². The highest BCUT2D eigenvalue weighted by molar-refractivity contribution is 7.89. The highest BCUT2D eigenvalue weighted by Crippen LogP contribution is 2.27. The van der Waals surface area contributed by atoms with Crippen LogP contribution >= 0.6 is 0 Å². The largest absolute Gasteiger partial charge is 0.396 e. The Bertz CT molecular complexity index is 744. The van der Waals surface area contributed by atoms with Gasteiger partial charge in [-0.2, -0.15) is 4.98 Å². The van der Waals surface area contributed by atoms with Gasteiger partial charge < -0.3 is 10.3 Å². The number of hydrogen-bond donors (Lipinski definition) is 2. The van der Waals surface area contributed by atoms with E-state index in [2.05, 4.69) is 19.4 Å². The second kappa shape index (κ2) is 5.78. The lowest BCUT2D eigenvalue weighted by Crippen LogP contribution is -2.28. The van der Waals surface area contributed by atoms with Crippen molar-refractivity contribution in [2.75, 3.05) is 12.3 Å². The molecule has 0 bridgehead atoms. The van der Waals surface area contributed by atoms with E-state index >= 15 is 0 Å². The molecule has 0 fully saturated rings. The lowest BCUT2D eigenvalue weighted by Gasteiger charge is -2.14. The number of nitrogens with two attached hydrogens (primary N) is 1. The summed E-state index contributed by atoms with van der Waals surface area (Å²) >= 11 is 0. The number of benzene rings is 1. The molecule has 0 aliphatic carbocycles. The predicted octanol–water partition coefficient (Wildman–Crippen LogP) is 0.929. The summed E-state index contributed by atoms with van der Waals surface area (Å²) in [7, 11) is -3.80. The number of anilines is 1. The van der Waals surface area contributed by atoms with Crippen LogP contribution in [0.5, 0.6) is 0 Å². The van der Waals surface area contributed by atoms with E-state index in [0.717, 1.165) is 6.07 Å². The van der Waals surface area contributed by atoms with Crippen molar-refractivity contribution in [1.29, 1.82) is 0 Å². The standard InChI is InChI=1S/C12H15FN4O3S/c1-7-5-9(13)11(14)8(2)12(7)21(18,19)16-4-3-10-15-6-20-17-10/h5-6,16H,3-4,14H2,1-2H3. The van der Waals surface area contributed by atoms with Gasteiger partial charge in [0.15, 0.2) is 5.82 Å². The highest BCUT2D eigenvalue weighted by Gasteiger charge is 2.22. The normalized spacial score (nSPS) is 11.8. The average molecular weight is 314 g/mol. The molecule has 0 saturated carbocycles. The van der Waals surface area contributed by atoms with Crippen LogP contribution in [0.4, 0.5) is 10.1 Å². The maximum absolute atomic E-state index is 13.5. The molecule has 0 spiro atoms. The van der Waals surface area contributed by atoms with Crippen molar-refractivity contribution in [2.45, 2.75) is 25.2 Å².